The average molecular weight is 268 g/mol. The van der Waals surface area contributed by atoms with Gasteiger partial charge in [-0.1, -0.05) is 11.6 Å². The van der Waals surface area contributed by atoms with Crippen LogP contribution in [0, 0.1) is 5.92 Å². The van der Waals surface area contributed by atoms with Crippen molar-refractivity contribution in [3.8, 4) is 0 Å². The van der Waals surface area contributed by atoms with E-state index in [2.05, 4.69) is 36.1 Å². The third-order valence-corrected chi connectivity index (χ3v) is 4.02. The van der Waals surface area contributed by atoms with Crippen LogP contribution in [0.4, 0.5) is 5.82 Å². The first-order chi connectivity index (χ1) is 8.61. The van der Waals surface area contributed by atoms with E-state index in [0.717, 1.165) is 35.5 Å². The van der Waals surface area contributed by atoms with Crippen molar-refractivity contribution in [2.45, 2.75) is 39.3 Å². The molecule has 0 aliphatic heterocycles. The molecule has 1 aromatic rings. The quantitative estimate of drug-likeness (QED) is 0.856. The number of hydrogen-bond donors (Lipinski definition) is 1. The summed E-state index contributed by atoms with van der Waals surface area (Å²) in [6.07, 6.45) is 2.73. The molecule has 1 saturated carbocycles. The van der Waals surface area contributed by atoms with Crippen molar-refractivity contribution in [3.63, 3.8) is 0 Å². The summed E-state index contributed by atoms with van der Waals surface area (Å²) >= 11 is 6.22. The minimum atomic E-state index is 0.616. The number of anilines is 1. The number of pyridine rings is 1. The molecule has 3 nitrogen and oxygen atoms in total. The van der Waals surface area contributed by atoms with E-state index in [1.165, 1.54) is 12.8 Å². The van der Waals surface area contributed by atoms with Gasteiger partial charge in [0.15, 0.2) is 0 Å². The summed E-state index contributed by atoms with van der Waals surface area (Å²) in [4.78, 5) is 6.93. The Kier molecular flexibility index (Phi) is 4.46. The summed E-state index contributed by atoms with van der Waals surface area (Å²) in [6.45, 7) is 6.05. The fourth-order valence-electron chi connectivity index (χ4n) is 2.19. The van der Waals surface area contributed by atoms with Gasteiger partial charge in [-0.3, -0.25) is 4.90 Å². The molecule has 0 bridgehead atoms. The van der Waals surface area contributed by atoms with Crippen molar-refractivity contribution in [1.29, 1.82) is 0 Å². The molecule has 0 aromatic carbocycles. The second-order valence-electron chi connectivity index (χ2n) is 5.15. The van der Waals surface area contributed by atoms with Crippen LogP contribution >= 0.6 is 11.6 Å². The average Bonchev–Trinajstić information content (AvgIpc) is 3.17. The summed E-state index contributed by atoms with van der Waals surface area (Å²) in [6, 6.07) is 4.47. The van der Waals surface area contributed by atoms with Gasteiger partial charge in [0.1, 0.15) is 5.82 Å². The van der Waals surface area contributed by atoms with E-state index in [-0.39, 0.29) is 0 Å². The maximum atomic E-state index is 6.22. The van der Waals surface area contributed by atoms with Gasteiger partial charge in [-0.25, -0.2) is 4.98 Å². The van der Waals surface area contributed by atoms with Gasteiger partial charge in [0, 0.05) is 19.1 Å². The van der Waals surface area contributed by atoms with Crippen LogP contribution < -0.4 is 5.32 Å². The Hall–Kier alpha value is -0.800. The molecule has 1 atom stereocenters. The zero-order chi connectivity index (χ0) is 13.1. The summed E-state index contributed by atoms with van der Waals surface area (Å²) < 4.78 is 0. The van der Waals surface area contributed by atoms with Crippen molar-refractivity contribution in [2.24, 2.45) is 5.92 Å². The summed E-state index contributed by atoms with van der Waals surface area (Å²) in [5.74, 6) is 1.77. The van der Waals surface area contributed by atoms with Crippen molar-refractivity contribution in [2.75, 3.05) is 18.9 Å². The zero-order valence-corrected chi connectivity index (χ0v) is 12.2. The monoisotopic (exact) mass is 267 g/mol. The molecular weight excluding hydrogens is 246 g/mol. The van der Waals surface area contributed by atoms with Crippen molar-refractivity contribution >= 4 is 17.4 Å². The van der Waals surface area contributed by atoms with Gasteiger partial charge in [-0.15, -0.1) is 0 Å². The van der Waals surface area contributed by atoms with E-state index in [9.17, 15) is 0 Å². The van der Waals surface area contributed by atoms with Crippen molar-refractivity contribution < 1.29 is 0 Å². The Balaban J connectivity index is 2.04. The fourth-order valence-corrected chi connectivity index (χ4v) is 2.36. The second kappa shape index (κ2) is 5.89. The third kappa shape index (κ3) is 3.36. The van der Waals surface area contributed by atoms with Gasteiger partial charge in [-0.05, 0) is 51.8 Å². The molecule has 1 fully saturated rings. The molecule has 1 aromatic heterocycles. The number of hydrogen-bond acceptors (Lipinski definition) is 3. The molecule has 18 heavy (non-hydrogen) atoms. The highest BCUT2D eigenvalue weighted by Gasteiger charge is 2.30. The van der Waals surface area contributed by atoms with E-state index in [0.29, 0.717) is 6.04 Å². The highest BCUT2D eigenvalue weighted by atomic mass is 35.5. The Morgan fingerprint density at radius 3 is 2.83 bits per heavy atom. The first-order valence-electron chi connectivity index (χ1n) is 6.71. The van der Waals surface area contributed by atoms with Crippen molar-refractivity contribution in [1.82, 2.24) is 9.88 Å². The van der Waals surface area contributed by atoms with Gasteiger partial charge in [0.05, 0.1) is 10.7 Å². The highest BCUT2D eigenvalue weighted by Crippen LogP contribution is 2.35. The standard InChI is InChI=1S/C14H22ClN3/c1-4-16-14-8-7-12(15)13(17-14)9-18(3)10(2)11-5-6-11/h7-8,10-11H,4-6,9H2,1-3H3,(H,16,17). The Bertz CT molecular complexity index is 404. The van der Waals surface area contributed by atoms with Crippen LogP contribution in [-0.4, -0.2) is 29.5 Å². The molecule has 4 heteroatoms. The number of nitrogens with one attached hydrogen (secondary N) is 1. The minimum Gasteiger partial charge on any atom is -0.370 e. The maximum Gasteiger partial charge on any atom is 0.126 e. The predicted octanol–water partition coefficient (Wildman–Crippen LogP) is 3.40. The Labute approximate surface area is 115 Å². The lowest BCUT2D eigenvalue weighted by molar-refractivity contribution is 0.224. The van der Waals surface area contributed by atoms with Gasteiger partial charge in [-0.2, -0.15) is 0 Å². The number of aromatic nitrogens is 1. The lowest BCUT2D eigenvalue weighted by Gasteiger charge is -2.24. The Morgan fingerprint density at radius 2 is 2.22 bits per heavy atom. The maximum absolute atomic E-state index is 6.22. The second-order valence-corrected chi connectivity index (χ2v) is 5.56. The smallest absolute Gasteiger partial charge is 0.126 e. The summed E-state index contributed by atoms with van der Waals surface area (Å²) in [7, 11) is 2.15. The highest BCUT2D eigenvalue weighted by molar-refractivity contribution is 6.31. The fraction of sp³-hybridized carbons (Fsp3) is 0.643. The number of nitrogens with zero attached hydrogens (tertiary/aromatic N) is 2. The topological polar surface area (TPSA) is 28.2 Å². The van der Waals surface area contributed by atoms with E-state index in [1.54, 1.807) is 0 Å². The van der Waals surface area contributed by atoms with Crippen LogP contribution in [0.25, 0.3) is 0 Å². The molecular formula is C14H22ClN3. The molecule has 0 amide bonds. The van der Waals surface area contributed by atoms with E-state index < -0.39 is 0 Å². The molecule has 1 unspecified atom stereocenters. The molecule has 0 radical (unpaired) electrons. The van der Waals surface area contributed by atoms with Crippen LogP contribution in [0.2, 0.25) is 5.02 Å². The Morgan fingerprint density at radius 1 is 1.50 bits per heavy atom. The molecule has 2 rings (SSSR count). The van der Waals surface area contributed by atoms with Crippen LogP contribution in [-0.2, 0) is 6.54 Å². The first kappa shape index (κ1) is 13.6. The molecule has 0 spiro atoms. The molecule has 0 saturated heterocycles. The van der Waals surface area contributed by atoms with Crippen LogP contribution in [0.1, 0.15) is 32.4 Å². The third-order valence-electron chi connectivity index (χ3n) is 3.68. The van der Waals surface area contributed by atoms with Gasteiger partial charge in [0.2, 0.25) is 0 Å². The first-order valence-corrected chi connectivity index (χ1v) is 7.09. The van der Waals surface area contributed by atoms with E-state index >= 15 is 0 Å². The molecule has 1 N–H and O–H groups in total. The lowest BCUT2D eigenvalue weighted by Crippen LogP contribution is -2.30. The largest absolute Gasteiger partial charge is 0.370 e. The predicted molar refractivity (Wildman–Crippen MR) is 77.1 cm³/mol. The van der Waals surface area contributed by atoms with Crippen molar-refractivity contribution in [3.05, 3.63) is 22.8 Å². The van der Waals surface area contributed by atoms with Crippen LogP contribution in [0.15, 0.2) is 12.1 Å². The van der Waals surface area contributed by atoms with Gasteiger partial charge < -0.3 is 5.32 Å². The van der Waals surface area contributed by atoms with Crippen LogP contribution in [0.3, 0.4) is 0 Å². The van der Waals surface area contributed by atoms with Gasteiger partial charge >= 0.3 is 0 Å². The SMILES string of the molecule is CCNc1ccc(Cl)c(CN(C)C(C)C2CC2)n1. The number of halogens is 1. The molecule has 1 heterocycles. The zero-order valence-electron chi connectivity index (χ0n) is 11.4. The minimum absolute atomic E-state index is 0.616. The summed E-state index contributed by atoms with van der Waals surface area (Å²) in [5, 5.41) is 3.98. The molecule has 1 aliphatic rings. The molecule has 1 aliphatic carbocycles. The summed E-state index contributed by atoms with van der Waals surface area (Å²) in [5.41, 5.74) is 0.963. The normalized spacial score (nSPS) is 16.9. The number of rotatable bonds is 6. The van der Waals surface area contributed by atoms with Gasteiger partial charge in [0.25, 0.3) is 0 Å². The van der Waals surface area contributed by atoms with E-state index in [1.807, 2.05) is 12.1 Å². The van der Waals surface area contributed by atoms with E-state index in [4.69, 9.17) is 11.6 Å². The molecule has 100 valence electrons. The lowest BCUT2D eigenvalue weighted by atomic mass is 10.2. The van der Waals surface area contributed by atoms with Crippen LogP contribution in [0.5, 0.6) is 0 Å².